The number of rotatable bonds is 5. The van der Waals surface area contributed by atoms with Crippen molar-refractivity contribution in [2.24, 2.45) is 11.8 Å². The molecular formula is C13H20N2O2S. The molecule has 0 radical (unpaired) electrons. The molecule has 1 saturated carbocycles. The smallest absolute Gasteiger partial charge is 0.242 e. The number of nitrogens with one attached hydrogen (secondary N) is 1. The topological polar surface area (TPSA) is 72.2 Å². The van der Waals surface area contributed by atoms with Crippen molar-refractivity contribution in [3.8, 4) is 0 Å². The third kappa shape index (κ3) is 2.84. The lowest BCUT2D eigenvalue weighted by Gasteiger charge is -2.14. The summed E-state index contributed by atoms with van der Waals surface area (Å²) in [4.78, 5) is 0.216. The van der Waals surface area contributed by atoms with E-state index in [2.05, 4.69) is 11.6 Å². The maximum absolute atomic E-state index is 12.2. The number of nitrogens with two attached hydrogens (primary N) is 1. The Kier molecular flexibility index (Phi) is 3.64. The van der Waals surface area contributed by atoms with Crippen molar-refractivity contribution in [1.29, 1.82) is 0 Å². The average molecular weight is 268 g/mol. The third-order valence-corrected chi connectivity index (χ3v) is 5.17. The fourth-order valence-electron chi connectivity index (χ4n) is 2.19. The standard InChI is InChI=1S/C13H20N2O2S/c1-9-4-3-5-12(14)13(9)18(16,17)15-8-10(2)11-6-7-11/h3-5,10-11,15H,6-8,14H2,1-2H3. The van der Waals surface area contributed by atoms with Gasteiger partial charge in [-0.1, -0.05) is 19.1 Å². The van der Waals surface area contributed by atoms with E-state index in [0.717, 1.165) is 0 Å². The predicted octanol–water partition coefficient (Wildman–Crippen LogP) is 1.90. The van der Waals surface area contributed by atoms with E-state index in [-0.39, 0.29) is 4.90 Å². The van der Waals surface area contributed by atoms with Gasteiger partial charge in [0.05, 0.1) is 5.69 Å². The van der Waals surface area contributed by atoms with Crippen LogP contribution in [-0.4, -0.2) is 15.0 Å². The molecule has 0 spiro atoms. The van der Waals surface area contributed by atoms with E-state index in [9.17, 15) is 8.42 Å². The van der Waals surface area contributed by atoms with E-state index in [0.29, 0.717) is 29.6 Å². The summed E-state index contributed by atoms with van der Waals surface area (Å²) in [5, 5.41) is 0. The van der Waals surface area contributed by atoms with Crippen molar-refractivity contribution >= 4 is 15.7 Å². The number of hydrogen-bond acceptors (Lipinski definition) is 3. The molecule has 1 aromatic carbocycles. The molecule has 0 heterocycles. The molecule has 2 rings (SSSR count). The molecule has 100 valence electrons. The van der Waals surface area contributed by atoms with Gasteiger partial charge in [-0.15, -0.1) is 0 Å². The zero-order chi connectivity index (χ0) is 13.3. The Labute approximate surface area is 109 Å². The zero-order valence-corrected chi connectivity index (χ0v) is 11.6. The first-order chi connectivity index (χ1) is 8.42. The highest BCUT2D eigenvalue weighted by Crippen LogP contribution is 2.36. The van der Waals surface area contributed by atoms with Crippen LogP contribution in [0.15, 0.2) is 23.1 Å². The quantitative estimate of drug-likeness (QED) is 0.801. The summed E-state index contributed by atoms with van der Waals surface area (Å²) in [5.41, 5.74) is 6.76. The molecule has 3 N–H and O–H groups in total. The van der Waals surface area contributed by atoms with Crippen LogP contribution in [0.25, 0.3) is 0 Å². The van der Waals surface area contributed by atoms with Gasteiger partial charge in [0.1, 0.15) is 4.90 Å². The fraction of sp³-hybridized carbons (Fsp3) is 0.538. The normalized spacial score (nSPS) is 17.7. The maximum atomic E-state index is 12.2. The van der Waals surface area contributed by atoms with Crippen molar-refractivity contribution in [3.63, 3.8) is 0 Å². The monoisotopic (exact) mass is 268 g/mol. The average Bonchev–Trinajstić information content (AvgIpc) is 3.09. The maximum Gasteiger partial charge on any atom is 0.242 e. The predicted molar refractivity (Wildman–Crippen MR) is 72.7 cm³/mol. The molecule has 0 amide bonds. The first kappa shape index (κ1) is 13.4. The summed E-state index contributed by atoms with van der Waals surface area (Å²) in [7, 11) is -3.50. The van der Waals surface area contributed by atoms with Crippen LogP contribution in [-0.2, 0) is 10.0 Å². The molecule has 5 heteroatoms. The van der Waals surface area contributed by atoms with Crippen LogP contribution in [0.4, 0.5) is 5.69 Å². The number of hydrogen-bond donors (Lipinski definition) is 2. The minimum Gasteiger partial charge on any atom is -0.398 e. The molecule has 4 nitrogen and oxygen atoms in total. The Hall–Kier alpha value is -1.07. The lowest BCUT2D eigenvalue weighted by atomic mass is 10.1. The van der Waals surface area contributed by atoms with Gasteiger partial charge in [0, 0.05) is 6.54 Å². The van der Waals surface area contributed by atoms with Crippen molar-refractivity contribution < 1.29 is 8.42 Å². The van der Waals surface area contributed by atoms with Crippen LogP contribution in [0.1, 0.15) is 25.3 Å². The zero-order valence-electron chi connectivity index (χ0n) is 10.8. The number of anilines is 1. The van der Waals surface area contributed by atoms with Crippen LogP contribution in [0.5, 0.6) is 0 Å². The SMILES string of the molecule is Cc1cccc(N)c1S(=O)(=O)NCC(C)C1CC1. The number of aryl methyl sites for hydroxylation is 1. The fourth-order valence-corrected chi connectivity index (χ4v) is 3.68. The molecule has 0 saturated heterocycles. The first-order valence-electron chi connectivity index (χ1n) is 6.26. The Morgan fingerprint density at radius 3 is 2.67 bits per heavy atom. The molecule has 0 aromatic heterocycles. The summed E-state index contributed by atoms with van der Waals surface area (Å²) in [6.07, 6.45) is 2.44. The molecule has 0 bridgehead atoms. The van der Waals surface area contributed by atoms with E-state index in [1.807, 2.05) is 0 Å². The molecule has 1 aromatic rings. The van der Waals surface area contributed by atoms with Gasteiger partial charge in [-0.25, -0.2) is 13.1 Å². The summed E-state index contributed by atoms with van der Waals surface area (Å²) < 4.78 is 27.1. The van der Waals surface area contributed by atoms with Gasteiger partial charge < -0.3 is 5.73 Å². The summed E-state index contributed by atoms with van der Waals surface area (Å²) in [5.74, 6) is 1.08. The molecule has 0 aliphatic heterocycles. The highest BCUT2D eigenvalue weighted by Gasteiger charge is 2.29. The van der Waals surface area contributed by atoms with Crippen LogP contribution < -0.4 is 10.5 Å². The summed E-state index contributed by atoms with van der Waals surface area (Å²) in [6.45, 7) is 4.33. The summed E-state index contributed by atoms with van der Waals surface area (Å²) in [6, 6.07) is 5.14. The number of nitrogen functional groups attached to an aromatic ring is 1. The molecule has 1 aliphatic rings. The molecular weight excluding hydrogens is 248 g/mol. The van der Waals surface area contributed by atoms with Crippen LogP contribution in [0, 0.1) is 18.8 Å². The Morgan fingerprint density at radius 2 is 2.11 bits per heavy atom. The highest BCUT2D eigenvalue weighted by molar-refractivity contribution is 7.89. The van der Waals surface area contributed by atoms with Crippen molar-refractivity contribution in [3.05, 3.63) is 23.8 Å². The summed E-state index contributed by atoms with van der Waals surface area (Å²) >= 11 is 0. The Balaban J connectivity index is 2.14. The minimum atomic E-state index is -3.50. The van der Waals surface area contributed by atoms with E-state index < -0.39 is 10.0 Å². The van der Waals surface area contributed by atoms with Crippen LogP contribution in [0.2, 0.25) is 0 Å². The highest BCUT2D eigenvalue weighted by atomic mass is 32.2. The van der Waals surface area contributed by atoms with Crippen LogP contribution in [0.3, 0.4) is 0 Å². The molecule has 1 fully saturated rings. The second-order valence-corrected chi connectivity index (χ2v) is 6.86. The molecule has 1 aliphatic carbocycles. The van der Waals surface area contributed by atoms with Crippen LogP contribution >= 0.6 is 0 Å². The number of benzene rings is 1. The van der Waals surface area contributed by atoms with Gasteiger partial charge in [-0.05, 0) is 43.2 Å². The van der Waals surface area contributed by atoms with E-state index >= 15 is 0 Å². The van der Waals surface area contributed by atoms with Gasteiger partial charge in [0.2, 0.25) is 10.0 Å². The lowest BCUT2D eigenvalue weighted by molar-refractivity contribution is 0.492. The Morgan fingerprint density at radius 1 is 1.44 bits per heavy atom. The second-order valence-electron chi connectivity index (χ2n) is 5.16. The van der Waals surface area contributed by atoms with Crippen molar-refractivity contribution in [2.45, 2.75) is 31.6 Å². The van der Waals surface area contributed by atoms with E-state index in [1.165, 1.54) is 12.8 Å². The third-order valence-electron chi connectivity index (χ3n) is 3.53. The van der Waals surface area contributed by atoms with Gasteiger partial charge in [0.25, 0.3) is 0 Å². The van der Waals surface area contributed by atoms with Gasteiger partial charge >= 0.3 is 0 Å². The molecule has 18 heavy (non-hydrogen) atoms. The van der Waals surface area contributed by atoms with Gasteiger partial charge in [0.15, 0.2) is 0 Å². The first-order valence-corrected chi connectivity index (χ1v) is 7.75. The second kappa shape index (κ2) is 4.90. The van der Waals surface area contributed by atoms with Crippen molar-refractivity contribution in [1.82, 2.24) is 4.72 Å². The van der Waals surface area contributed by atoms with E-state index in [4.69, 9.17) is 5.73 Å². The molecule has 1 unspecified atom stereocenters. The van der Waals surface area contributed by atoms with Gasteiger partial charge in [-0.3, -0.25) is 0 Å². The van der Waals surface area contributed by atoms with Gasteiger partial charge in [-0.2, -0.15) is 0 Å². The number of sulfonamides is 1. The lowest BCUT2D eigenvalue weighted by Crippen LogP contribution is -2.30. The van der Waals surface area contributed by atoms with Crippen molar-refractivity contribution in [2.75, 3.05) is 12.3 Å². The van der Waals surface area contributed by atoms with E-state index in [1.54, 1.807) is 25.1 Å². The Bertz CT molecular complexity index is 516. The largest absolute Gasteiger partial charge is 0.398 e. The molecule has 1 atom stereocenters. The minimum absolute atomic E-state index is 0.216.